The van der Waals surface area contributed by atoms with E-state index >= 15 is 0 Å². The highest BCUT2D eigenvalue weighted by atomic mass is 35.5. The fourth-order valence-electron chi connectivity index (χ4n) is 3.66. The molecule has 28 heavy (non-hydrogen) atoms. The first-order chi connectivity index (χ1) is 13.5. The van der Waals surface area contributed by atoms with Crippen molar-refractivity contribution in [3.05, 3.63) is 63.9 Å². The molecular weight excluding hydrogens is 407 g/mol. The molecule has 0 N–H and O–H groups in total. The number of aromatic nitrogens is 2. The van der Waals surface area contributed by atoms with E-state index < -0.39 is 6.55 Å². The highest BCUT2D eigenvalue weighted by Gasteiger charge is 2.30. The molecule has 1 fully saturated rings. The van der Waals surface area contributed by atoms with Crippen LogP contribution in [0.2, 0.25) is 10.0 Å². The number of morpholine rings is 1. The van der Waals surface area contributed by atoms with Crippen molar-refractivity contribution in [1.82, 2.24) is 14.5 Å². The number of fused-ring (bicyclic) bond motifs is 1. The van der Waals surface area contributed by atoms with Crippen LogP contribution in [0.25, 0.3) is 11.0 Å². The Morgan fingerprint density at radius 2 is 1.93 bits per heavy atom. The minimum Gasteiger partial charge on any atom is -0.371 e. The van der Waals surface area contributed by atoms with Crippen LogP contribution in [0.5, 0.6) is 0 Å². The topological polar surface area (TPSA) is 30.3 Å². The molecule has 0 spiro atoms. The number of para-hydroxylation sites is 2. The molecule has 148 valence electrons. The lowest BCUT2D eigenvalue weighted by molar-refractivity contribution is -0.0461. The molecule has 2 unspecified atom stereocenters. The fourth-order valence-corrected chi connectivity index (χ4v) is 3.97. The summed E-state index contributed by atoms with van der Waals surface area (Å²) in [5, 5.41) is 0.949. The number of hydrogen-bond acceptors (Lipinski definition) is 3. The number of alkyl halides is 2. The molecule has 3 aromatic rings. The molecule has 1 saturated heterocycles. The van der Waals surface area contributed by atoms with Gasteiger partial charge >= 0.3 is 6.55 Å². The Bertz CT molecular complexity index is 995. The van der Waals surface area contributed by atoms with Crippen molar-refractivity contribution in [2.24, 2.45) is 0 Å². The Hall–Kier alpha value is -1.73. The van der Waals surface area contributed by atoms with E-state index in [0.29, 0.717) is 46.6 Å². The van der Waals surface area contributed by atoms with Gasteiger partial charge in [0.15, 0.2) is 0 Å². The summed E-state index contributed by atoms with van der Waals surface area (Å²) in [6.07, 6.45) is -0.213. The number of hydrogen-bond donors (Lipinski definition) is 0. The van der Waals surface area contributed by atoms with Crippen LogP contribution < -0.4 is 0 Å². The summed E-state index contributed by atoms with van der Waals surface area (Å²) in [5.74, 6) is 0.353. The van der Waals surface area contributed by atoms with E-state index in [1.54, 1.807) is 36.4 Å². The first-order valence-corrected chi connectivity index (χ1v) is 9.77. The second-order valence-electron chi connectivity index (χ2n) is 6.81. The van der Waals surface area contributed by atoms with Crippen molar-refractivity contribution in [2.75, 3.05) is 19.7 Å². The monoisotopic (exact) mass is 425 g/mol. The summed E-state index contributed by atoms with van der Waals surface area (Å²) < 4.78 is 34.5. The Labute approximate surface area is 171 Å². The van der Waals surface area contributed by atoms with Gasteiger partial charge in [-0.15, -0.1) is 0 Å². The summed E-state index contributed by atoms with van der Waals surface area (Å²) in [6, 6.07) is 12.1. The standard InChI is InChI=1S/C20H19Cl2F2N3O/c1-12(19-25-16-4-2-3-5-17(16)27(19)20(23)24)26-8-9-28-18(11-26)13-6-7-14(21)15(22)10-13/h2-7,10,12,18,20H,8-9,11H2,1H3. The third-order valence-electron chi connectivity index (χ3n) is 5.15. The summed E-state index contributed by atoms with van der Waals surface area (Å²) in [7, 11) is 0. The minimum atomic E-state index is -2.66. The van der Waals surface area contributed by atoms with Gasteiger partial charge in [-0.2, -0.15) is 8.78 Å². The average Bonchev–Trinajstić information content (AvgIpc) is 3.09. The summed E-state index contributed by atoms with van der Waals surface area (Å²) in [5.41, 5.74) is 1.92. The lowest BCUT2D eigenvalue weighted by Gasteiger charge is -2.36. The van der Waals surface area contributed by atoms with E-state index in [4.69, 9.17) is 27.9 Å². The maximum Gasteiger partial charge on any atom is 0.320 e. The van der Waals surface area contributed by atoms with Crippen LogP contribution in [-0.4, -0.2) is 34.1 Å². The van der Waals surface area contributed by atoms with Gasteiger partial charge in [0.05, 0.1) is 39.8 Å². The normalized spacial score (nSPS) is 19.4. The van der Waals surface area contributed by atoms with Crippen LogP contribution in [0.1, 0.15) is 37.0 Å². The van der Waals surface area contributed by atoms with E-state index in [0.717, 1.165) is 10.1 Å². The molecule has 0 aliphatic carbocycles. The number of benzene rings is 2. The minimum absolute atomic E-state index is 0.213. The Morgan fingerprint density at radius 3 is 2.68 bits per heavy atom. The second-order valence-corrected chi connectivity index (χ2v) is 7.62. The Kier molecular flexibility index (Phi) is 5.56. The summed E-state index contributed by atoms with van der Waals surface area (Å²) in [4.78, 5) is 6.60. The van der Waals surface area contributed by atoms with Crippen molar-refractivity contribution < 1.29 is 13.5 Å². The van der Waals surface area contributed by atoms with E-state index in [1.165, 1.54) is 0 Å². The van der Waals surface area contributed by atoms with Gasteiger partial charge in [0.1, 0.15) is 5.82 Å². The number of halogens is 4. The second kappa shape index (κ2) is 7.95. The molecule has 1 aliphatic rings. The maximum absolute atomic E-state index is 13.8. The van der Waals surface area contributed by atoms with Crippen LogP contribution >= 0.6 is 23.2 Å². The molecule has 4 rings (SSSR count). The van der Waals surface area contributed by atoms with Crippen molar-refractivity contribution in [3.8, 4) is 0 Å². The molecule has 0 bridgehead atoms. The van der Waals surface area contributed by atoms with Gasteiger partial charge in [0.25, 0.3) is 0 Å². The van der Waals surface area contributed by atoms with Gasteiger partial charge in [-0.25, -0.2) is 4.98 Å². The number of nitrogens with zero attached hydrogens (tertiary/aromatic N) is 3. The van der Waals surface area contributed by atoms with Gasteiger partial charge in [-0.05, 0) is 36.8 Å². The van der Waals surface area contributed by atoms with Crippen molar-refractivity contribution >= 4 is 34.2 Å². The quantitative estimate of drug-likeness (QED) is 0.523. The van der Waals surface area contributed by atoms with E-state index in [1.807, 2.05) is 13.0 Å². The smallest absolute Gasteiger partial charge is 0.320 e. The lowest BCUT2D eigenvalue weighted by Crippen LogP contribution is -2.40. The average molecular weight is 426 g/mol. The molecule has 8 heteroatoms. The molecule has 0 amide bonds. The molecule has 1 aliphatic heterocycles. The van der Waals surface area contributed by atoms with Crippen molar-refractivity contribution in [2.45, 2.75) is 25.6 Å². The lowest BCUT2D eigenvalue weighted by atomic mass is 10.1. The number of ether oxygens (including phenoxy) is 1. The Morgan fingerprint density at radius 1 is 1.14 bits per heavy atom. The van der Waals surface area contributed by atoms with Crippen molar-refractivity contribution in [3.63, 3.8) is 0 Å². The molecule has 2 heterocycles. The van der Waals surface area contributed by atoms with Gasteiger partial charge in [-0.1, -0.05) is 41.4 Å². The Balaban J connectivity index is 1.63. The largest absolute Gasteiger partial charge is 0.371 e. The van der Waals surface area contributed by atoms with E-state index in [2.05, 4.69) is 9.88 Å². The zero-order valence-electron chi connectivity index (χ0n) is 15.2. The summed E-state index contributed by atoms with van der Waals surface area (Å²) in [6.45, 7) is 0.912. The molecule has 0 radical (unpaired) electrons. The predicted molar refractivity (Wildman–Crippen MR) is 106 cm³/mol. The molecule has 2 aromatic carbocycles. The van der Waals surface area contributed by atoms with Crippen LogP contribution in [0, 0.1) is 0 Å². The zero-order chi connectivity index (χ0) is 19.8. The third-order valence-corrected chi connectivity index (χ3v) is 5.89. The first-order valence-electron chi connectivity index (χ1n) is 9.01. The zero-order valence-corrected chi connectivity index (χ0v) is 16.7. The van der Waals surface area contributed by atoms with Crippen LogP contribution in [0.3, 0.4) is 0 Å². The van der Waals surface area contributed by atoms with Gasteiger partial charge < -0.3 is 4.74 Å². The SMILES string of the molecule is CC(c1nc2ccccc2n1C(F)F)N1CCOC(c2ccc(Cl)c(Cl)c2)C1. The van der Waals surface area contributed by atoms with E-state index in [9.17, 15) is 8.78 Å². The molecule has 0 saturated carbocycles. The van der Waals surface area contributed by atoms with E-state index in [-0.39, 0.29) is 12.1 Å². The first kappa shape index (κ1) is 19.6. The predicted octanol–water partition coefficient (Wildman–Crippen LogP) is 5.87. The van der Waals surface area contributed by atoms with Crippen LogP contribution in [0.15, 0.2) is 42.5 Å². The van der Waals surface area contributed by atoms with Crippen LogP contribution in [-0.2, 0) is 4.74 Å². The highest BCUT2D eigenvalue weighted by molar-refractivity contribution is 6.42. The molecule has 4 nitrogen and oxygen atoms in total. The molecule has 2 atom stereocenters. The van der Waals surface area contributed by atoms with Gasteiger partial charge in [-0.3, -0.25) is 9.47 Å². The van der Waals surface area contributed by atoms with Crippen molar-refractivity contribution in [1.29, 1.82) is 0 Å². The number of imidazole rings is 1. The summed E-state index contributed by atoms with van der Waals surface area (Å²) >= 11 is 12.1. The van der Waals surface area contributed by atoms with Gasteiger partial charge in [0.2, 0.25) is 0 Å². The molecular formula is C20H19Cl2F2N3O. The highest BCUT2D eigenvalue weighted by Crippen LogP contribution is 2.34. The number of rotatable bonds is 4. The maximum atomic E-state index is 13.8. The van der Waals surface area contributed by atoms with Crippen LogP contribution in [0.4, 0.5) is 8.78 Å². The van der Waals surface area contributed by atoms with Gasteiger partial charge in [0, 0.05) is 13.1 Å². The third kappa shape index (κ3) is 3.62. The molecule has 1 aromatic heterocycles. The fraction of sp³-hybridized carbons (Fsp3) is 0.350.